The Morgan fingerprint density at radius 1 is 1.21 bits per heavy atom. The molecule has 7 heteroatoms. The van der Waals surface area contributed by atoms with Crippen LogP contribution in [0.3, 0.4) is 0 Å². The second-order valence-electron chi connectivity index (χ2n) is 6.57. The Morgan fingerprint density at radius 2 is 1.83 bits per heavy atom. The Bertz CT molecular complexity index is 657. The van der Waals surface area contributed by atoms with Crippen LogP contribution in [0.4, 0.5) is 16.2 Å². The molecule has 7 nitrogen and oxygen atoms in total. The zero-order chi connectivity index (χ0) is 18.0. The molecule has 24 heavy (non-hydrogen) atoms. The Kier molecular flexibility index (Phi) is 5.11. The molecule has 1 aromatic carbocycles. The molecule has 3 N–H and O–H groups in total. The number of hydrogen-bond donors (Lipinski definition) is 3. The number of carbonyl (C=O) groups excluding carboxylic acids is 2. The smallest absolute Gasteiger partial charge is 0.326 e. The number of nitrogens with zero attached hydrogens (tertiary/aromatic N) is 1. The monoisotopic (exact) mass is 333 g/mol. The number of hydrogen-bond acceptors (Lipinski definition) is 3. The van der Waals surface area contributed by atoms with E-state index >= 15 is 0 Å². The maximum absolute atomic E-state index is 12.8. The number of nitrogens with one attached hydrogen (secondary N) is 2. The number of benzene rings is 1. The fourth-order valence-corrected chi connectivity index (χ4v) is 2.82. The molecule has 1 aliphatic rings. The van der Waals surface area contributed by atoms with Gasteiger partial charge in [0.25, 0.3) is 0 Å². The third kappa shape index (κ3) is 3.34. The third-order valence-corrected chi connectivity index (χ3v) is 4.03. The largest absolute Gasteiger partial charge is 0.480 e. The highest BCUT2D eigenvalue weighted by Crippen LogP contribution is 2.34. The van der Waals surface area contributed by atoms with E-state index in [1.807, 2.05) is 13.8 Å². The molecule has 1 aromatic rings. The van der Waals surface area contributed by atoms with Gasteiger partial charge in [-0.05, 0) is 24.0 Å². The summed E-state index contributed by atoms with van der Waals surface area (Å²) in [5.74, 6) is -1.80. The van der Waals surface area contributed by atoms with Crippen molar-refractivity contribution in [2.75, 3.05) is 10.2 Å². The number of amides is 3. The minimum absolute atomic E-state index is 0.133. The molecule has 2 rings (SSSR count). The molecule has 0 aromatic heterocycles. The summed E-state index contributed by atoms with van der Waals surface area (Å²) < 4.78 is 0. The van der Waals surface area contributed by atoms with E-state index in [2.05, 4.69) is 10.6 Å². The van der Waals surface area contributed by atoms with Crippen molar-refractivity contribution in [1.82, 2.24) is 5.32 Å². The molecule has 1 heterocycles. The number of carboxylic acid groups (broad SMARTS) is 1. The lowest BCUT2D eigenvalue weighted by molar-refractivity contribution is -0.140. The van der Waals surface area contributed by atoms with Crippen LogP contribution in [0.1, 0.15) is 27.7 Å². The van der Waals surface area contributed by atoms with E-state index in [1.165, 1.54) is 4.90 Å². The van der Waals surface area contributed by atoms with Crippen molar-refractivity contribution >= 4 is 29.3 Å². The Balaban J connectivity index is 2.41. The van der Waals surface area contributed by atoms with Crippen molar-refractivity contribution in [3.8, 4) is 0 Å². The number of aliphatic carboxylic acids is 1. The average molecular weight is 333 g/mol. The van der Waals surface area contributed by atoms with Crippen LogP contribution in [-0.2, 0) is 9.59 Å². The van der Waals surface area contributed by atoms with E-state index in [0.29, 0.717) is 11.4 Å². The van der Waals surface area contributed by atoms with Crippen LogP contribution in [0.15, 0.2) is 24.3 Å². The molecule has 0 spiro atoms. The number of rotatable bonds is 4. The molecular formula is C17H23N3O4. The molecule has 0 fully saturated rings. The lowest BCUT2D eigenvalue weighted by Crippen LogP contribution is -2.59. The van der Waals surface area contributed by atoms with Crippen LogP contribution in [0.25, 0.3) is 0 Å². The SMILES string of the molecule is CC(C)[C@H](NC(=O)N1c2ccccc2NC(=O)[C@@H]1C(C)C)C(=O)O. The number of carbonyl (C=O) groups is 3. The van der Waals surface area contributed by atoms with Crippen LogP contribution in [0.5, 0.6) is 0 Å². The normalized spacial score (nSPS) is 18.2. The molecule has 0 saturated heterocycles. The highest BCUT2D eigenvalue weighted by Gasteiger charge is 2.40. The van der Waals surface area contributed by atoms with Crippen LogP contribution in [-0.4, -0.2) is 35.1 Å². The second kappa shape index (κ2) is 6.90. The first-order chi connectivity index (χ1) is 11.2. The van der Waals surface area contributed by atoms with Gasteiger partial charge in [0.15, 0.2) is 0 Å². The van der Waals surface area contributed by atoms with Gasteiger partial charge in [-0.15, -0.1) is 0 Å². The fourth-order valence-electron chi connectivity index (χ4n) is 2.82. The van der Waals surface area contributed by atoms with E-state index in [-0.39, 0.29) is 17.7 Å². The number of fused-ring (bicyclic) bond motifs is 1. The van der Waals surface area contributed by atoms with Crippen LogP contribution in [0.2, 0.25) is 0 Å². The highest BCUT2D eigenvalue weighted by atomic mass is 16.4. The topological polar surface area (TPSA) is 98.7 Å². The van der Waals surface area contributed by atoms with E-state index in [0.717, 1.165) is 0 Å². The van der Waals surface area contributed by atoms with Crippen molar-refractivity contribution < 1.29 is 19.5 Å². The summed E-state index contributed by atoms with van der Waals surface area (Å²) in [5.41, 5.74) is 1.09. The zero-order valence-electron chi connectivity index (χ0n) is 14.2. The first-order valence-electron chi connectivity index (χ1n) is 7.96. The van der Waals surface area contributed by atoms with E-state index < -0.39 is 24.1 Å². The van der Waals surface area contributed by atoms with E-state index in [1.54, 1.807) is 38.1 Å². The number of para-hydroxylation sites is 2. The average Bonchev–Trinajstić information content (AvgIpc) is 2.49. The van der Waals surface area contributed by atoms with Gasteiger partial charge in [0.05, 0.1) is 11.4 Å². The number of carboxylic acids is 1. The Morgan fingerprint density at radius 3 is 2.38 bits per heavy atom. The first-order valence-corrected chi connectivity index (χ1v) is 7.96. The van der Waals surface area contributed by atoms with Gasteiger partial charge in [-0.1, -0.05) is 39.8 Å². The van der Waals surface area contributed by atoms with Gasteiger partial charge in [0.2, 0.25) is 5.91 Å². The summed E-state index contributed by atoms with van der Waals surface area (Å²) in [4.78, 5) is 38.0. The maximum atomic E-state index is 12.8. The van der Waals surface area contributed by atoms with Crippen LogP contribution >= 0.6 is 0 Å². The van der Waals surface area contributed by atoms with Gasteiger partial charge in [-0.25, -0.2) is 9.59 Å². The highest BCUT2D eigenvalue weighted by molar-refractivity contribution is 6.12. The van der Waals surface area contributed by atoms with Crippen LogP contribution in [0, 0.1) is 11.8 Å². The number of anilines is 2. The van der Waals surface area contributed by atoms with Gasteiger partial charge in [-0.3, -0.25) is 9.69 Å². The predicted octanol–water partition coefficient (Wildman–Crippen LogP) is 2.29. The molecule has 0 aliphatic carbocycles. The Hall–Kier alpha value is -2.57. The predicted molar refractivity (Wildman–Crippen MR) is 91.0 cm³/mol. The third-order valence-electron chi connectivity index (χ3n) is 4.03. The van der Waals surface area contributed by atoms with Gasteiger partial charge in [-0.2, -0.15) is 0 Å². The van der Waals surface area contributed by atoms with Crippen molar-refractivity contribution in [3.63, 3.8) is 0 Å². The summed E-state index contributed by atoms with van der Waals surface area (Å²) in [6.07, 6.45) is 0. The summed E-state index contributed by atoms with van der Waals surface area (Å²) in [5, 5.41) is 14.6. The maximum Gasteiger partial charge on any atom is 0.326 e. The van der Waals surface area contributed by atoms with Crippen molar-refractivity contribution in [3.05, 3.63) is 24.3 Å². The van der Waals surface area contributed by atoms with Gasteiger partial charge in [0.1, 0.15) is 12.1 Å². The fraction of sp³-hybridized carbons (Fsp3) is 0.471. The number of urea groups is 1. The van der Waals surface area contributed by atoms with E-state index in [4.69, 9.17) is 0 Å². The molecule has 3 amide bonds. The Labute approximate surface area is 141 Å². The van der Waals surface area contributed by atoms with Gasteiger partial charge >= 0.3 is 12.0 Å². The second-order valence-corrected chi connectivity index (χ2v) is 6.57. The summed E-state index contributed by atoms with van der Waals surface area (Å²) in [6, 6.07) is 4.65. The standard InChI is InChI=1S/C17H23N3O4/c1-9(2)13(16(22)23)19-17(24)20-12-8-6-5-7-11(12)18-15(21)14(20)10(3)4/h5-10,13-14H,1-4H3,(H,18,21)(H,19,24)(H,22,23)/t13-,14-/m0/s1. The van der Waals surface area contributed by atoms with Gasteiger partial charge < -0.3 is 15.7 Å². The summed E-state index contributed by atoms with van der Waals surface area (Å²) in [7, 11) is 0. The molecule has 0 unspecified atom stereocenters. The van der Waals surface area contributed by atoms with Gasteiger partial charge in [0, 0.05) is 0 Å². The van der Waals surface area contributed by atoms with Crippen molar-refractivity contribution in [1.29, 1.82) is 0 Å². The van der Waals surface area contributed by atoms with Crippen molar-refractivity contribution in [2.24, 2.45) is 11.8 Å². The van der Waals surface area contributed by atoms with Crippen LogP contribution < -0.4 is 15.5 Å². The molecular weight excluding hydrogens is 310 g/mol. The lowest BCUT2D eigenvalue weighted by atomic mass is 9.97. The minimum Gasteiger partial charge on any atom is -0.480 e. The molecule has 0 radical (unpaired) electrons. The zero-order valence-corrected chi connectivity index (χ0v) is 14.2. The molecule has 2 atom stereocenters. The minimum atomic E-state index is -1.10. The molecule has 130 valence electrons. The first kappa shape index (κ1) is 17.8. The quantitative estimate of drug-likeness (QED) is 0.787. The lowest BCUT2D eigenvalue weighted by Gasteiger charge is -2.39. The van der Waals surface area contributed by atoms with Crippen molar-refractivity contribution in [2.45, 2.75) is 39.8 Å². The molecule has 0 bridgehead atoms. The summed E-state index contributed by atoms with van der Waals surface area (Å²) >= 11 is 0. The van der Waals surface area contributed by atoms with E-state index in [9.17, 15) is 19.5 Å². The molecule has 0 saturated carbocycles. The summed E-state index contributed by atoms with van der Waals surface area (Å²) in [6.45, 7) is 7.12. The molecule has 1 aliphatic heterocycles.